The van der Waals surface area contributed by atoms with E-state index in [2.05, 4.69) is 10.2 Å². The Hall–Kier alpha value is -2.47. The summed E-state index contributed by atoms with van der Waals surface area (Å²) in [6.07, 6.45) is 6.42. The number of rotatable bonds is 3. The first-order valence-electron chi connectivity index (χ1n) is 9.72. The minimum atomic E-state index is -0.163. The maximum Gasteiger partial charge on any atom is 0.257 e. The molecule has 2 aromatic rings. The number of anilines is 2. The minimum Gasteiger partial charge on any atom is -0.354 e. The molecule has 1 unspecified atom stereocenters. The van der Waals surface area contributed by atoms with Gasteiger partial charge in [0.25, 0.3) is 11.8 Å². The van der Waals surface area contributed by atoms with Gasteiger partial charge in [-0.3, -0.25) is 9.59 Å². The number of thioether (sulfide) groups is 1. The zero-order valence-electron chi connectivity index (χ0n) is 16.3. The van der Waals surface area contributed by atoms with E-state index in [0.717, 1.165) is 48.5 Å². The van der Waals surface area contributed by atoms with Crippen LogP contribution in [0.5, 0.6) is 0 Å². The summed E-state index contributed by atoms with van der Waals surface area (Å²) in [4.78, 5) is 31.0. The van der Waals surface area contributed by atoms with E-state index in [1.54, 1.807) is 23.9 Å². The summed E-state index contributed by atoms with van der Waals surface area (Å²) in [7, 11) is 2.02. The molecule has 146 valence electrons. The molecule has 28 heavy (non-hydrogen) atoms. The Morgan fingerprint density at radius 3 is 2.64 bits per heavy atom. The summed E-state index contributed by atoms with van der Waals surface area (Å²) >= 11 is 1.67. The number of amides is 2. The first kappa shape index (κ1) is 18.9. The van der Waals surface area contributed by atoms with Crippen molar-refractivity contribution in [3.63, 3.8) is 0 Å². The van der Waals surface area contributed by atoms with Crippen LogP contribution in [0, 0.1) is 0 Å². The summed E-state index contributed by atoms with van der Waals surface area (Å²) in [5.41, 5.74) is 2.86. The van der Waals surface area contributed by atoms with E-state index < -0.39 is 0 Å². The number of nitrogens with one attached hydrogen (secondary N) is 1. The maximum absolute atomic E-state index is 13.0. The van der Waals surface area contributed by atoms with Crippen LogP contribution in [0.1, 0.15) is 46.4 Å². The fraction of sp³-hybridized carbons (Fsp3) is 0.364. The van der Waals surface area contributed by atoms with E-state index in [-0.39, 0.29) is 18.0 Å². The van der Waals surface area contributed by atoms with E-state index in [4.69, 9.17) is 0 Å². The van der Waals surface area contributed by atoms with Gasteiger partial charge in [0.15, 0.2) is 0 Å². The molecule has 2 heterocycles. The molecule has 0 bridgehead atoms. The predicted octanol–water partition coefficient (Wildman–Crippen LogP) is 4.45. The lowest BCUT2D eigenvalue weighted by molar-refractivity contribution is 0.0661. The first-order valence-corrected chi connectivity index (χ1v) is 10.9. The Morgan fingerprint density at radius 1 is 1.11 bits per heavy atom. The predicted molar refractivity (Wildman–Crippen MR) is 114 cm³/mol. The lowest BCUT2D eigenvalue weighted by atomic mass is 10.0. The van der Waals surface area contributed by atoms with Gasteiger partial charge in [0.05, 0.1) is 11.3 Å². The van der Waals surface area contributed by atoms with Crippen LogP contribution in [-0.2, 0) is 0 Å². The van der Waals surface area contributed by atoms with Gasteiger partial charge in [-0.2, -0.15) is 0 Å². The molecule has 0 spiro atoms. The van der Waals surface area contributed by atoms with Gasteiger partial charge >= 0.3 is 0 Å². The van der Waals surface area contributed by atoms with Gasteiger partial charge in [-0.1, -0.05) is 6.42 Å². The Balaban J connectivity index is 1.59. The van der Waals surface area contributed by atoms with Crippen molar-refractivity contribution in [3.05, 3.63) is 53.6 Å². The number of carbonyl (C=O) groups excluding carboxylic acids is 2. The van der Waals surface area contributed by atoms with Crippen molar-refractivity contribution in [2.24, 2.45) is 0 Å². The Labute approximate surface area is 170 Å². The van der Waals surface area contributed by atoms with Crippen molar-refractivity contribution in [3.8, 4) is 0 Å². The Morgan fingerprint density at radius 2 is 1.89 bits per heavy atom. The molecular weight excluding hydrogens is 370 g/mol. The smallest absolute Gasteiger partial charge is 0.257 e. The van der Waals surface area contributed by atoms with Crippen molar-refractivity contribution >= 4 is 35.0 Å². The van der Waals surface area contributed by atoms with Gasteiger partial charge in [-0.05, 0) is 68.0 Å². The van der Waals surface area contributed by atoms with Crippen molar-refractivity contribution in [2.75, 3.05) is 30.1 Å². The molecule has 0 aliphatic carbocycles. The Kier molecular flexibility index (Phi) is 5.31. The summed E-state index contributed by atoms with van der Waals surface area (Å²) < 4.78 is 0. The second-order valence-electron chi connectivity index (χ2n) is 7.35. The van der Waals surface area contributed by atoms with E-state index >= 15 is 0 Å². The van der Waals surface area contributed by atoms with E-state index in [9.17, 15) is 9.59 Å². The summed E-state index contributed by atoms with van der Waals surface area (Å²) in [6, 6.07) is 13.2. The lowest BCUT2D eigenvalue weighted by Crippen LogP contribution is -2.53. The monoisotopic (exact) mass is 395 g/mol. The minimum absolute atomic E-state index is 0.0830. The highest BCUT2D eigenvalue weighted by molar-refractivity contribution is 7.98. The third-order valence-corrected chi connectivity index (χ3v) is 6.39. The summed E-state index contributed by atoms with van der Waals surface area (Å²) in [5.74, 6) is -0.0801. The molecule has 5 nitrogen and oxygen atoms in total. The van der Waals surface area contributed by atoms with Crippen LogP contribution in [0.3, 0.4) is 0 Å². The number of hydrogen-bond acceptors (Lipinski definition) is 4. The molecule has 2 aliphatic rings. The van der Waals surface area contributed by atoms with E-state index in [1.807, 2.05) is 48.5 Å². The average Bonchev–Trinajstić information content (AvgIpc) is 2.98. The van der Waals surface area contributed by atoms with Crippen molar-refractivity contribution in [2.45, 2.75) is 36.7 Å². The number of nitrogens with zero attached hydrogens (tertiary/aromatic N) is 2. The maximum atomic E-state index is 13.0. The molecule has 2 amide bonds. The third kappa shape index (κ3) is 3.49. The van der Waals surface area contributed by atoms with Gasteiger partial charge in [-0.15, -0.1) is 11.8 Å². The van der Waals surface area contributed by atoms with Crippen molar-refractivity contribution in [1.82, 2.24) is 4.90 Å². The highest BCUT2D eigenvalue weighted by Crippen LogP contribution is 2.34. The van der Waals surface area contributed by atoms with Crippen LogP contribution in [0.15, 0.2) is 47.4 Å². The summed E-state index contributed by atoms with van der Waals surface area (Å²) in [6.45, 7) is 0.807. The zero-order valence-corrected chi connectivity index (χ0v) is 17.1. The molecule has 4 rings (SSSR count). The lowest BCUT2D eigenvalue weighted by Gasteiger charge is -2.43. The van der Waals surface area contributed by atoms with Gasteiger partial charge in [0.1, 0.15) is 6.17 Å². The molecule has 1 saturated heterocycles. The molecule has 0 aromatic heterocycles. The van der Waals surface area contributed by atoms with Crippen molar-refractivity contribution in [1.29, 1.82) is 0 Å². The number of hydrogen-bond donors (Lipinski definition) is 1. The molecule has 6 heteroatoms. The van der Waals surface area contributed by atoms with Crippen LogP contribution in [0.2, 0.25) is 0 Å². The van der Waals surface area contributed by atoms with Crippen molar-refractivity contribution < 1.29 is 9.59 Å². The SMILES string of the molecule is CSc1ccc(NC(=O)c2ccc3c(c2)N(C)C2CCCCCN2C3=O)cc1. The van der Waals surface area contributed by atoms with Crippen LogP contribution >= 0.6 is 11.8 Å². The molecule has 2 aromatic carbocycles. The van der Waals surface area contributed by atoms with E-state index in [0.29, 0.717) is 11.1 Å². The van der Waals surface area contributed by atoms with Gasteiger partial charge in [0, 0.05) is 29.7 Å². The van der Waals surface area contributed by atoms with E-state index in [1.165, 1.54) is 0 Å². The summed E-state index contributed by atoms with van der Waals surface area (Å²) in [5, 5.41) is 2.95. The Bertz CT molecular complexity index is 897. The number of fused-ring (bicyclic) bond motifs is 2. The normalized spacial score (nSPS) is 18.9. The molecule has 0 radical (unpaired) electrons. The third-order valence-electron chi connectivity index (χ3n) is 5.65. The topological polar surface area (TPSA) is 52.7 Å². The van der Waals surface area contributed by atoms with Crippen LogP contribution in [-0.4, -0.2) is 42.7 Å². The highest BCUT2D eigenvalue weighted by atomic mass is 32.2. The second kappa shape index (κ2) is 7.87. The molecule has 1 fully saturated rings. The fourth-order valence-corrected chi connectivity index (χ4v) is 4.48. The molecule has 1 N–H and O–H groups in total. The zero-order chi connectivity index (χ0) is 19.7. The van der Waals surface area contributed by atoms with Crippen LogP contribution in [0.25, 0.3) is 0 Å². The molecular formula is C22H25N3O2S. The van der Waals surface area contributed by atoms with Crippen LogP contribution in [0.4, 0.5) is 11.4 Å². The number of benzene rings is 2. The largest absolute Gasteiger partial charge is 0.354 e. The standard InChI is InChI=1S/C22H25N3O2S/c1-24-19-14-15(21(26)23-16-8-10-17(28-2)11-9-16)7-12-18(19)22(27)25-13-5-3-4-6-20(24)25/h7-12,14,20H,3-6,13H2,1-2H3,(H,23,26). The van der Waals surface area contributed by atoms with Gasteiger partial charge in [0.2, 0.25) is 0 Å². The fourth-order valence-electron chi connectivity index (χ4n) is 4.07. The highest BCUT2D eigenvalue weighted by Gasteiger charge is 2.36. The quantitative estimate of drug-likeness (QED) is 0.780. The van der Waals surface area contributed by atoms with Gasteiger partial charge in [-0.25, -0.2) is 0 Å². The van der Waals surface area contributed by atoms with Crippen LogP contribution < -0.4 is 10.2 Å². The molecule has 2 aliphatic heterocycles. The van der Waals surface area contributed by atoms with Gasteiger partial charge < -0.3 is 15.1 Å². The molecule has 1 atom stereocenters. The second-order valence-corrected chi connectivity index (χ2v) is 8.23. The molecule has 0 saturated carbocycles. The first-order chi connectivity index (χ1) is 13.6. The average molecular weight is 396 g/mol. The number of carbonyl (C=O) groups is 2.